The molecule has 3 aliphatic carbocycles. The molecule has 0 aliphatic heterocycles. The maximum Gasteiger partial charge on any atom is 0.162 e. The third kappa shape index (κ3) is 4.45. The van der Waals surface area contributed by atoms with E-state index in [9.17, 15) is 13.2 Å². The van der Waals surface area contributed by atoms with Crippen LogP contribution in [0.4, 0.5) is 13.2 Å². The van der Waals surface area contributed by atoms with Gasteiger partial charge in [0.25, 0.3) is 0 Å². The Morgan fingerprint density at radius 2 is 1.13 bits per heavy atom. The van der Waals surface area contributed by atoms with Crippen molar-refractivity contribution >= 4 is 0 Å². The van der Waals surface area contributed by atoms with Crippen molar-refractivity contribution in [2.45, 2.75) is 96.1 Å². The highest BCUT2D eigenvalue weighted by Crippen LogP contribution is 2.44. The van der Waals surface area contributed by atoms with Gasteiger partial charge >= 0.3 is 0 Å². The molecular weight excluding hydrogens is 297 g/mol. The van der Waals surface area contributed by atoms with Crippen LogP contribution in [-0.2, 0) is 0 Å². The minimum Gasteiger partial charge on any atom is -0.244 e. The van der Waals surface area contributed by atoms with Crippen LogP contribution in [0, 0.1) is 29.6 Å². The van der Waals surface area contributed by atoms with Gasteiger partial charge in [0.2, 0.25) is 0 Å². The van der Waals surface area contributed by atoms with E-state index in [1.807, 2.05) is 0 Å². The first-order chi connectivity index (χ1) is 11.0. The lowest BCUT2D eigenvalue weighted by Gasteiger charge is -2.39. The fraction of sp³-hybridized carbons (Fsp3) is 1.00. The lowest BCUT2D eigenvalue weighted by Crippen LogP contribution is -2.40. The van der Waals surface area contributed by atoms with Gasteiger partial charge in [-0.1, -0.05) is 45.4 Å². The molecule has 0 aromatic carbocycles. The summed E-state index contributed by atoms with van der Waals surface area (Å²) in [7, 11) is 0. The van der Waals surface area contributed by atoms with Gasteiger partial charge in [0, 0.05) is 0 Å². The average molecular weight is 330 g/mol. The van der Waals surface area contributed by atoms with Gasteiger partial charge in [0.15, 0.2) is 6.17 Å². The molecule has 0 bridgehead atoms. The molecule has 2 unspecified atom stereocenters. The van der Waals surface area contributed by atoms with Crippen LogP contribution < -0.4 is 0 Å². The average Bonchev–Trinajstić information content (AvgIpc) is 2.55. The fourth-order valence-corrected chi connectivity index (χ4v) is 5.48. The second-order valence-electron chi connectivity index (χ2n) is 8.85. The van der Waals surface area contributed by atoms with Gasteiger partial charge in [0.05, 0.1) is 0 Å². The second-order valence-corrected chi connectivity index (χ2v) is 8.85. The highest BCUT2D eigenvalue weighted by atomic mass is 19.2. The molecule has 3 aliphatic rings. The molecule has 0 heterocycles. The van der Waals surface area contributed by atoms with Gasteiger partial charge < -0.3 is 0 Å². The molecule has 3 saturated carbocycles. The van der Waals surface area contributed by atoms with Crippen LogP contribution in [0.1, 0.15) is 77.6 Å². The standard InChI is InChI=1S/C20H33F3/c1-13-2-4-14(5-3-13)10-15-6-8-16(9-7-15)17-11-18(21)20(23)19(22)12-17/h13-20H,2-12H2,1H3. The number of hydrogen-bond donors (Lipinski definition) is 0. The van der Waals surface area contributed by atoms with Crippen molar-refractivity contribution in [2.24, 2.45) is 29.6 Å². The van der Waals surface area contributed by atoms with Gasteiger partial charge in [-0.15, -0.1) is 0 Å². The quantitative estimate of drug-likeness (QED) is 0.559. The van der Waals surface area contributed by atoms with E-state index in [1.165, 1.54) is 44.9 Å². The Balaban J connectivity index is 1.42. The summed E-state index contributed by atoms with van der Waals surface area (Å²) in [6, 6.07) is 0. The van der Waals surface area contributed by atoms with Crippen molar-refractivity contribution in [3.8, 4) is 0 Å². The summed E-state index contributed by atoms with van der Waals surface area (Å²) in [6.45, 7) is 2.36. The summed E-state index contributed by atoms with van der Waals surface area (Å²) in [4.78, 5) is 0. The van der Waals surface area contributed by atoms with Gasteiger partial charge in [-0.25, -0.2) is 13.2 Å². The van der Waals surface area contributed by atoms with Crippen molar-refractivity contribution in [1.29, 1.82) is 0 Å². The van der Waals surface area contributed by atoms with Crippen molar-refractivity contribution < 1.29 is 13.2 Å². The van der Waals surface area contributed by atoms with Gasteiger partial charge in [-0.3, -0.25) is 0 Å². The molecule has 3 rings (SSSR count). The molecule has 0 saturated heterocycles. The van der Waals surface area contributed by atoms with Crippen molar-refractivity contribution in [2.75, 3.05) is 0 Å². The number of rotatable bonds is 3. The summed E-state index contributed by atoms with van der Waals surface area (Å²) in [5.41, 5.74) is 0. The van der Waals surface area contributed by atoms with Crippen LogP contribution in [0.25, 0.3) is 0 Å². The predicted molar refractivity (Wildman–Crippen MR) is 88.6 cm³/mol. The third-order valence-electron chi connectivity index (χ3n) is 7.11. The lowest BCUT2D eigenvalue weighted by atomic mass is 9.68. The summed E-state index contributed by atoms with van der Waals surface area (Å²) in [6.07, 6.45) is 7.06. The number of alkyl halides is 3. The van der Waals surface area contributed by atoms with E-state index in [2.05, 4.69) is 6.92 Å². The molecule has 2 atom stereocenters. The zero-order valence-electron chi connectivity index (χ0n) is 14.5. The summed E-state index contributed by atoms with van der Waals surface area (Å²) in [5.74, 6) is 3.16. The molecule has 0 nitrogen and oxygen atoms in total. The highest BCUT2D eigenvalue weighted by molar-refractivity contribution is 4.91. The van der Waals surface area contributed by atoms with Gasteiger partial charge in [-0.05, 0) is 61.7 Å². The largest absolute Gasteiger partial charge is 0.244 e. The highest BCUT2D eigenvalue weighted by Gasteiger charge is 2.42. The molecule has 3 fully saturated rings. The number of hydrogen-bond acceptors (Lipinski definition) is 0. The van der Waals surface area contributed by atoms with Crippen LogP contribution in [0.3, 0.4) is 0 Å². The van der Waals surface area contributed by atoms with Crippen molar-refractivity contribution in [3.63, 3.8) is 0 Å². The van der Waals surface area contributed by atoms with E-state index in [0.717, 1.165) is 30.6 Å². The zero-order valence-corrected chi connectivity index (χ0v) is 14.5. The SMILES string of the molecule is CC1CCC(CC2CCC(C3CC(F)C(F)C(F)C3)CC2)CC1. The van der Waals surface area contributed by atoms with Crippen molar-refractivity contribution in [3.05, 3.63) is 0 Å². The molecule has 3 heteroatoms. The topological polar surface area (TPSA) is 0 Å². The molecule has 0 N–H and O–H groups in total. The Labute approximate surface area is 139 Å². The maximum absolute atomic E-state index is 13.6. The van der Waals surface area contributed by atoms with E-state index in [1.54, 1.807) is 0 Å². The minimum absolute atomic E-state index is 0.0727. The van der Waals surface area contributed by atoms with E-state index in [4.69, 9.17) is 0 Å². The first-order valence-electron chi connectivity index (χ1n) is 9.95. The van der Waals surface area contributed by atoms with Crippen LogP contribution >= 0.6 is 0 Å². The van der Waals surface area contributed by atoms with Crippen LogP contribution in [-0.4, -0.2) is 18.5 Å². The Kier molecular flexibility index (Phi) is 5.96. The number of halogens is 3. The second kappa shape index (κ2) is 7.78. The monoisotopic (exact) mass is 330 g/mol. The van der Waals surface area contributed by atoms with E-state index >= 15 is 0 Å². The third-order valence-corrected chi connectivity index (χ3v) is 7.11. The Morgan fingerprint density at radius 1 is 0.652 bits per heavy atom. The van der Waals surface area contributed by atoms with Crippen molar-refractivity contribution in [1.82, 2.24) is 0 Å². The predicted octanol–water partition coefficient (Wildman–Crippen LogP) is 6.43. The Morgan fingerprint density at radius 3 is 1.65 bits per heavy atom. The fourth-order valence-electron chi connectivity index (χ4n) is 5.48. The normalized spacial score (nSPS) is 49.0. The first-order valence-corrected chi connectivity index (χ1v) is 9.95. The molecule has 0 radical (unpaired) electrons. The molecule has 0 amide bonds. The first kappa shape index (κ1) is 17.6. The van der Waals surface area contributed by atoms with Crippen LogP contribution in [0.2, 0.25) is 0 Å². The van der Waals surface area contributed by atoms with Gasteiger partial charge in [0.1, 0.15) is 12.3 Å². The lowest BCUT2D eigenvalue weighted by molar-refractivity contribution is -0.00519. The Hall–Kier alpha value is -0.210. The Bertz CT molecular complexity index is 344. The molecule has 134 valence electrons. The minimum atomic E-state index is -1.88. The van der Waals surface area contributed by atoms with E-state index in [-0.39, 0.29) is 18.8 Å². The summed E-state index contributed by atoms with van der Waals surface area (Å²) >= 11 is 0. The van der Waals surface area contributed by atoms with Gasteiger partial charge in [-0.2, -0.15) is 0 Å². The van der Waals surface area contributed by atoms with Crippen LogP contribution in [0.5, 0.6) is 0 Å². The van der Waals surface area contributed by atoms with E-state index < -0.39 is 18.5 Å². The molecule has 0 aromatic rings. The summed E-state index contributed by atoms with van der Waals surface area (Å²) in [5, 5.41) is 0. The van der Waals surface area contributed by atoms with Crippen LogP contribution in [0.15, 0.2) is 0 Å². The maximum atomic E-state index is 13.6. The molecule has 23 heavy (non-hydrogen) atoms. The zero-order chi connectivity index (χ0) is 16.4. The molecular formula is C20H33F3. The summed E-state index contributed by atoms with van der Waals surface area (Å²) < 4.78 is 40.6. The molecule has 0 aromatic heterocycles. The van der Waals surface area contributed by atoms with E-state index in [0.29, 0.717) is 5.92 Å². The molecule has 0 spiro atoms. The smallest absolute Gasteiger partial charge is 0.162 e.